The minimum atomic E-state index is -1.69. The molecule has 1 aliphatic heterocycles. The van der Waals surface area contributed by atoms with Crippen LogP contribution in [-0.2, 0) is 11.3 Å². The Hall–Kier alpha value is -3.19. The van der Waals surface area contributed by atoms with Crippen molar-refractivity contribution in [1.29, 1.82) is 0 Å². The van der Waals surface area contributed by atoms with Crippen LogP contribution in [-0.4, -0.2) is 74.6 Å². The third-order valence-electron chi connectivity index (χ3n) is 5.14. The molecule has 0 radical (unpaired) electrons. The average molecular weight is 419 g/mol. The molecule has 0 amide bonds. The van der Waals surface area contributed by atoms with E-state index in [2.05, 4.69) is 20.3 Å². The van der Waals surface area contributed by atoms with Crippen LogP contribution in [0.5, 0.6) is 17.2 Å². The fraction of sp³-hybridized carbons (Fsp3) is 0.389. The molecular formula is C18H21N5O7. The largest absolute Gasteiger partial charge is 0.504 e. The van der Waals surface area contributed by atoms with Crippen molar-refractivity contribution in [3.8, 4) is 17.2 Å². The Bertz CT molecular complexity index is 1060. The second kappa shape index (κ2) is 7.25. The zero-order valence-corrected chi connectivity index (χ0v) is 15.8. The fourth-order valence-electron chi connectivity index (χ4n) is 3.49. The van der Waals surface area contributed by atoms with E-state index in [-0.39, 0.29) is 6.54 Å². The molecule has 12 nitrogen and oxygen atoms in total. The minimum Gasteiger partial charge on any atom is -0.504 e. The summed E-state index contributed by atoms with van der Waals surface area (Å²) in [4.78, 5) is 12.6. The van der Waals surface area contributed by atoms with Gasteiger partial charge in [0.05, 0.1) is 12.9 Å². The van der Waals surface area contributed by atoms with E-state index in [9.17, 15) is 30.6 Å². The highest BCUT2D eigenvalue weighted by Crippen LogP contribution is 2.40. The molecule has 160 valence electrons. The molecule has 0 aliphatic carbocycles. The van der Waals surface area contributed by atoms with E-state index in [1.54, 1.807) is 0 Å². The first kappa shape index (κ1) is 20.1. The van der Waals surface area contributed by atoms with Gasteiger partial charge in [0.1, 0.15) is 24.1 Å². The van der Waals surface area contributed by atoms with Crippen molar-refractivity contribution in [2.45, 2.75) is 37.5 Å². The number of aliphatic hydroxyl groups excluding tert-OH is 2. The zero-order chi connectivity index (χ0) is 21.6. The summed E-state index contributed by atoms with van der Waals surface area (Å²) >= 11 is 0. The number of rotatable bonds is 5. The number of phenols is 3. The molecule has 0 saturated carbocycles. The van der Waals surface area contributed by atoms with Crippen LogP contribution in [0, 0.1) is 0 Å². The lowest BCUT2D eigenvalue weighted by Crippen LogP contribution is -2.44. The molecule has 1 fully saturated rings. The Balaban J connectivity index is 1.63. The minimum absolute atomic E-state index is 0.142. The fourth-order valence-corrected chi connectivity index (χ4v) is 3.49. The summed E-state index contributed by atoms with van der Waals surface area (Å²) in [5, 5.41) is 62.0. The topological polar surface area (TPSA) is 186 Å². The molecule has 12 heteroatoms. The van der Waals surface area contributed by atoms with Gasteiger partial charge in [-0.15, -0.1) is 0 Å². The first-order valence-corrected chi connectivity index (χ1v) is 9.06. The molecule has 4 rings (SSSR count). The van der Waals surface area contributed by atoms with Crippen molar-refractivity contribution < 1.29 is 35.4 Å². The highest BCUT2D eigenvalue weighted by Gasteiger charge is 2.53. The van der Waals surface area contributed by atoms with Gasteiger partial charge in [-0.3, -0.25) is 4.57 Å². The normalized spacial score (nSPS) is 26.3. The number of nitrogens with one attached hydrogen (secondary N) is 1. The lowest BCUT2D eigenvalue weighted by molar-refractivity contribution is -0.0950. The summed E-state index contributed by atoms with van der Waals surface area (Å²) in [6.07, 6.45) is -0.647. The van der Waals surface area contributed by atoms with Gasteiger partial charge < -0.3 is 40.7 Å². The molecule has 3 unspecified atom stereocenters. The molecule has 1 aromatic carbocycles. The van der Waals surface area contributed by atoms with Gasteiger partial charge in [0.2, 0.25) is 0 Å². The van der Waals surface area contributed by atoms with Crippen molar-refractivity contribution in [3.05, 3.63) is 30.4 Å². The number of aliphatic hydroxyl groups is 3. The summed E-state index contributed by atoms with van der Waals surface area (Å²) in [6, 6.07) is 2.58. The maximum absolute atomic E-state index is 10.7. The predicted octanol–water partition coefficient (Wildman–Crippen LogP) is -0.443. The number of phenolic OH excluding ortho intramolecular Hbond substituents is 3. The smallest absolute Gasteiger partial charge is 0.200 e. The molecule has 4 atom stereocenters. The van der Waals surface area contributed by atoms with E-state index in [0.29, 0.717) is 22.5 Å². The molecular weight excluding hydrogens is 398 g/mol. The van der Waals surface area contributed by atoms with Crippen LogP contribution in [0.15, 0.2) is 24.8 Å². The van der Waals surface area contributed by atoms with E-state index >= 15 is 0 Å². The molecule has 1 aliphatic rings. The third kappa shape index (κ3) is 3.15. The van der Waals surface area contributed by atoms with Gasteiger partial charge in [0.15, 0.2) is 40.5 Å². The number of hydrogen-bond donors (Lipinski definition) is 7. The second-order valence-electron chi connectivity index (χ2n) is 7.26. The number of aromatic nitrogens is 4. The maximum atomic E-state index is 10.7. The molecule has 1 saturated heterocycles. The number of nitrogens with zero attached hydrogens (tertiary/aromatic N) is 4. The van der Waals surface area contributed by atoms with Gasteiger partial charge in [-0.1, -0.05) is 0 Å². The SMILES string of the molecule is C[C@@]1(O)C(O)C(CO)OC1n1cnc2c(NCc3cc(O)c(O)c(O)c3)ncnc21. The number of imidazole rings is 1. The van der Waals surface area contributed by atoms with Crippen LogP contribution in [0.1, 0.15) is 18.7 Å². The summed E-state index contributed by atoms with van der Waals surface area (Å²) < 4.78 is 7.05. The highest BCUT2D eigenvalue weighted by atomic mass is 16.6. The van der Waals surface area contributed by atoms with Gasteiger partial charge in [-0.05, 0) is 24.6 Å². The van der Waals surface area contributed by atoms with Crippen LogP contribution in [0.3, 0.4) is 0 Å². The van der Waals surface area contributed by atoms with Crippen molar-refractivity contribution in [2.75, 3.05) is 11.9 Å². The third-order valence-corrected chi connectivity index (χ3v) is 5.14. The van der Waals surface area contributed by atoms with E-state index in [0.717, 1.165) is 0 Å². The van der Waals surface area contributed by atoms with Crippen molar-refractivity contribution >= 4 is 17.0 Å². The number of benzene rings is 1. The number of ether oxygens (including phenoxy) is 1. The average Bonchev–Trinajstić information content (AvgIpc) is 3.23. The van der Waals surface area contributed by atoms with Gasteiger partial charge >= 0.3 is 0 Å². The lowest BCUT2D eigenvalue weighted by Gasteiger charge is -2.27. The van der Waals surface area contributed by atoms with Crippen molar-refractivity contribution in [1.82, 2.24) is 19.5 Å². The standard InChI is InChI=1S/C18H21N5O7/c1-18(29)14(28)11(5-24)30-17(18)23-7-22-12-15(20-6-21-16(12)23)19-4-8-2-9(25)13(27)10(26)3-8/h2-3,6-7,11,14,17,24-29H,4-5H2,1H3,(H,19,20,21)/t11?,14?,17?,18-/m1/s1. The molecule has 30 heavy (non-hydrogen) atoms. The van der Waals surface area contributed by atoms with Gasteiger partial charge in [0, 0.05) is 6.54 Å². The highest BCUT2D eigenvalue weighted by molar-refractivity contribution is 5.82. The zero-order valence-electron chi connectivity index (χ0n) is 15.8. The Labute approximate surface area is 169 Å². The van der Waals surface area contributed by atoms with Crippen molar-refractivity contribution in [3.63, 3.8) is 0 Å². The quantitative estimate of drug-likeness (QED) is 0.266. The molecule has 3 heterocycles. The van der Waals surface area contributed by atoms with Crippen molar-refractivity contribution in [2.24, 2.45) is 0 Å². The van der Waals surface area contributed by atoms with Gasteiger partial charge in [-0.25, -0.2) is 15.0 Å². The maximum Gasteiger partial charge on any atom is 0.200 e. The number of aromatic hydroxyl groups is 3. The van der Waals surface area contributed by atoms with Crippen LogP contribution in [0.2, 0.25) is 0 Å². The Morgan fingerprint density at radius 3 is 2.50 bits per heavy atom. The van der Waals surface area contributed by atoms with Gasteiger partial charge in [0.25, 0.3) is 0 Å². The lowest BCUT2D eigenvalue weighted by atomic mass is 9.96. The summed E-state index contributed by atoms with van der Waals surface area (Å²) in [5.41, 5.74) is -0.545. The molecule has 0 bridgehead atoms. The van der Waals surface area contributed by atoms with Gasteiger partial charge in [-0.2, -0.15) is 0 Å². The van der Waals surface area contributed by atoms with E-state index in [4.69, 9.17) is 4.74 Å². The van der Waals surface area contributed by atoms with E-state index in [1.165, 1.54) is 36.3 Å². The second-order valence-corrected chi connectivity index (χ2v) is 7.26. The summed E-state index contributed by atoms with van der Waals surface area (Å²) in [6.45, 7) is 1.08. The molecule has 3 aromatic rings. The van der Waals surface area contributed by atoms with E-state index < -0.39 is 47.9 Å². The number of anilines is 1. The Kier molecular flexibility index (Phi) is 4.86. The van der Waals surface area contributed by atoms with Crippen LogP contribution < -0.4 is 5.32 Å². The Morgan fingerprint density at radius 2 is 1.87 bits per heavy atom. The molecule has 0 spiro atoms. The summed E-state index contributed by atoms with van der Waals surface area (Å²) in [7, 11) is 0. The summed E-state index contributed by atoms with van der Waals surface area (Å²) in [5.74, 6) is -1.18. The molecule has 7 N–H and O–H groups in total. The van der Waals surface area contributed by atoms with Crippen LogP contribution in [0.25, 0.3) is 11.2 Å². The predicted molar refractivity (Wildman–Crippen MR) is 102 cm³/mol. The first-order valence-electron chi connectivity index (χ1n) is 9.06. The van der Waals surface area contributed by atoms with E-state index in [1.807, 2.05) is 0 Å². The molecule has 2 aromatic heterocycles. The number of fused-ring (bicyclic) bond motifs is 1. The number of hydrogen-bond acceptors (Lipinski definition) is 11. The first-order chi connectivity index (χ1) is 14.2. The van der Waals surface area contributed by atoms with Crippen LogP contribution in [0.4, 0.5) is 5.82 Å². The Morgan fingerprint density at radius 1 is 1.17 bits per heavy atom. The monoisotopic (exact) mass is 419 g/mol. The van der Waals surface area contributed by atoms with Crippen LogP contribution >= 0.6 is 0 Å².